The van der Waals surface area contributed by atoms with Crippen LogP contribution in [0.2, 0.25) is 0 Å². The van der Waals surface area contributed by atoms with Crippen LogP contribution in [0.25, 0.3) is 0 Å². The lowest BCUT2D eigenvalue weighted by atomic mass is 10.1. The predicted molar refractivity (Wildman–Crippen MR) is 90.1 cm³/mol. The van der Waals surface area contributed by atoms with Crippen molar-refractivity contribution < 1.29 is 13.2 Å². The third kappa shape index (κ3) is 4.67. The van der Waals surface area contributed by atoms with E-state index in [2.05, 4.69) is 23.1 Å². The minimum absolute atomic E-state index is 0.0671. The Labute approximate surface area is 135 Å². The van der Waals surface area contributed by atoms with E-state index >= 15 is 0 Å². The number of amides is 1. The van der Waals surface area contributed by atoms with E-state index in [1.807, 2.05) is 24.3 Å². The molecule has 1 aromatic rings. The lowest BCUT2D eigenvalue weighted by Gasteiger charge is -2.14. The topological polar surface area (TPSA) is 87.3 Å². The maximum atomic E-state index is 11.9. The molecule has 0 aromatic heterocycles. The smallest absolute Gasteiger partial charge is 0.242 e. The lowest BCUT2D eigenvalue weighted by molar-refractivity contribution is -0.124. The first-order valence-corrected chi connectivity index (χ1v) is 9.29. The second-order valence-electron chi connectivity index (χ2n) is 5.22. The van der Waals surface area contributed by atoms with Gasteiger partial charge in [0.1, 0.15) is 0 Å². The molecule has 1 amide bonds. The van der Waals surface area contributed by atoms with Crippen LogP contribution in [0.1, 0.15) is 18.9 Å². The first kappa shape index (κ1) is 16.7. The highest BCUT2D eigenvalue weighted by Gasteiger charge is 2.32. The molecular weight excluding hydrogens is 322 g/mol. The Kier molecular flexibility index (Phi) is 5.36. The molecule has 1 aromatic carbocycles. The van der Waals surface area contributed by atoms with Crippen molar-refractivity contribution in [3.63, 3.8) is 0 Å². The fraction of sp³-hybridized carbons (Fsp3) is 0.429. The van der Waals surface area contributed by atoms with E-state index in [4.69, 9.17) is 12.2 Å². The van der Waals surface area contributed by atoms with Crippen LogP contribution in [-0.4, -0.2) is 30.9 Å². The van der Waals surface area contributed by atoms with Crippen molar-refractivity contribution in [2.75, 3.05) is 16.8 Å². The molecule has 6 nitrogen and oxygen atoms in total. The molecule has 22 heavy (non-hydrogen) atoms. The van der Waals surface area contributed by atoms with Crippen LogP contribution >= 0.6 is 12.2 Å². The molecule has 0 radical (unpaired) electrons. The molecule has 0 saturated carbocycles. The Morgan fingerprint density at radius 3 is 2.77 bits per heavy atom. The number of hydrogen-bond donors (Lipinski definition) is 3. The number of benzene rings is 1. The molecule has 1 aliphatic heterocycles. The maximum absolute atomic E-state index is 11.9. The number of carbonyl (C=O) groups is 1. The average Bonchev–Trinajstić information content (AvgIpc) is 2.85. The van der Waals surface area contributed by atoms with Crippen LogP contribution in [0.5, 0.6) is 0 Å². The molecular formula is C14H19N3O3S2. The van der Waals surface area contributed by atoms with Gasteiger partial charge in [0.15, 0.2) is 14.9 Å². The van der Waals surface area contributed by atoms with E-state index in [9.17, 15) is 13.2 Å². The Bertz CT molecular complexity index is 674. The molecule has 1 saturated heterocycles. The third-order valence-electron chi connectivity index (χ3n) is 3.50. The van der Waals surface area contributed by atoms with Gasteiger partial charge in [0, 0.05) is 5.69 Å². The second-order valence-corrected chi connectivity index (χ2v) is 7.86. The predicted octanol–water partition coefficient (Wildman–Crippen LogP) is 1.00. The number of hydrazine groups is 1. The summed E-state index contributed by atoms with van der Waals surface area (Å²) >= 11 is 5.10. The van der Waals surface area contributed by atoms with E-state index < -0.39 is 15.8 Å². The fourth-order valence-corrected chi connectivity index (χ4v) is 4.16. The number of thiocarbonyl (C=S) groups is 1. The number of hydrogen-bond acceptors (Lipinski definition) is 4. The molecule has 0 aliphatic carbocycles. The highest BCUT2D eigenvalue weighted by Crippen LogP contribution is 2.18. The number of rotatable bonds is 3. The van der Waals surface area contributed by atoms with Gasteiger partial charge in [-0.2, -0.15) is 0 Å². The summed E-state index contributed by atoms with van der Waals surface area (Å²) in [5.41, 5.74) is 7.05. The quantitative estimate of drug-likeness (QED) is 0.562. The summed E-state index contributed by atoms with van der Waals surface area (Å²) in [5.74, 6) is -0.895. The van der Waals surface area contributed by atoms with Crippen LogP contribution in [0, 0.1) is 5.92 Å². The van der Waals surface area contributed by atoms with Crippen molar-refractivity contribution in [3.05, 3.63) is 29.8 Å². The van der Waals surface area contributed by atoms with Crippen LogP contribution in [-0.2, 0) is 21.1 Å². The van der Waals surface area contributed by atoms with Crippen LogP contribution < -0.4 is 16.2 Å². The van der Waals surface area contributed by atoms with Crippen molar-refractivity contribution in [1.29, 1.82) is 0 Å². The summed E-state index contributed by atoms with van der Waals surface area (Å²) in [7, 11) is -3.07. The number of carbonyl (C=O) groups excluding carboxylic acids is 1. The molecule has 0 unspecified atom stereocenters. The van der Waals surface area contributed by atoms with Gasteiger partial charge in [0.2, 0.25) is 5.91 Å². The van der Waals surface area contributed by atoms with Crippen molar-refractivity contribution in [2.45, 2.75) is 19.8 Å². The number of nitrogens with one attached hydrogen (secondary N) is 3. The third-order valence-corrected chi connectivity index (χ3v) is 5.47. The first-order chi connectivity index (χ1) is 10.4. The Morgan fingerprint density at radius 2 is 2.14 bits per heavy atom. The number of aryl methyl sites for hydroxylation is 1. The van der Waals surface area contributed by atoms with E-state index in [1.54, 1.807) is 0 Å². The standard InChI is InChI=1S/C14H19N3O3S2/c1-2-10-4-3-5-12(8-10)15-14(21)17-16-13(18)11-6-7-22(19,20)9-11/h3-5,8,11H,2,6-7,9H2,1H3,(H,16,18)(H2,15,17,21)/t11-/m1/s1. The molecule has 1 atom stereocenters. The molecule has 3 N–H and O–H groups in total. The van der Waals surface area contributed by atoms with Gasteiger partial charge in [-0.1, -0.05) is 19.1 Å². The van der Waals surface area contributed by atoms with E-state index in [1.165, 1.54) is 5.56 Å². The molecule has 0 bridgehead atoms. The SMILES string of the molecule is CCc1cccc(NC(=S)NNC(=O)[C@@H]2CCS(=O)(=O)C2)c1. The Morgan fingerprint density at radius 1 is 1.36 bits per heavy atom. The summed E-state index contributed by atoms with van der Waals surface area (Å²) in [5, 5.41) is 3.22. The molecule has 0 spiro atoms. The van der Waals surface area contributed by atoms with Crippen molar-refractivity contribution in [3.8, 4) is 0 Å². The van der Waals surface area contributed by atoms with Gasteiger partial charge in [-0.15, -0.1) is 0 Å². The van der Waals surface area contributed by atoms with Crippen LogP contribution in [0.15, 0.2) is 24.3 Å². The Balaban J connectivity index is 1.81. The summed E-state index contributed by atoms with van der Waals surface area (Å²) in [6, 6.07) is 7.79. The van der Waals surface area contributed by atoms with Crippen LogP contribution in [0.4, 0.5) is 5.69 Å². The monoisotopic (exact) mass is 341 g/mol. The lowest BCUT2D eigenvalue weighted by Crippen LogP contribution is -2.46. The fourth-order valence-electron chi connectivity index (χ4n) is 2.25. The van der Waals surface area contributed by atoms with Gasteiger partial charge < -0.3 is 5.32 Å². The average molecular weight is 341 g/mol. The normalized spacial score (nSPS) is 19.4. The largest absolute Gasteiger partial charge is 0.331 e. The minimum atomic E-state index is -3.07. The number of sulfone groups is 1. The zero-order valence-electron chi connectivity index (χ0n) is 12.3. The zero-order chi connectivity index (χ0) is 16.2. The second kappa shape index (κ2) is 7.06. The molecule has 1 heterocycles. The van der Waals surface area contributed by atoms with Crippen molar-refractivity contribution in [1.82, 2.24) is 10.9 Å². The van der Waals surface area contributed by atoms with Crippen LogP contribution in [0.3, 0.4) is 0 Å². The van der Waals surface area contributed by atoms with Crippen molar-refractivity contribution >= 4 is 38.8 Å². The van der Waals surface area contributed by atoms with E-state index in [0.29, 0.717) is 6.42 Å². The first-order valence-electron chi connectivity index (χ1n) is 7.06. The summed E-state index contributed by atoms with van der Waals surface area (Å²) in [6.07, 6.45) is 1.27. The van der Waals surface area contributed by atoms with E-state index in [-0.39, 0.29) is 22.5 Å². The van der Waals surface area contributed by atoms with Crippen molar-refractivity contribution in [2.24, 2.45) is 5.92 Å². The highest BCUT2D eigenvalue weighted by molar-refractivity contribution is 7.91. The van der Waals surface area contributed by atoms with Gasteiger partial charge in [-0.05, 0) is 42.8 Å². The maximum Gasteiger partial charge on any atom is 0.242 e. The van der Waals surface area contributed by atoms with Gasteiger partial charge in [0.25, 0.3) is 0 Å². The van der Waals surface area contributed by atoms with E-state index in [0.717, 1.165) is 12.1 Å². The van der Waals surface area contributed by atoms with Gasteiger partial charge in [-0.3, -0.25) is 15.6 Å². The number of anilines is 1. The highest BCUT2D eigenvalue weighted by atomic mass is 32.2. The molecule has 1 fully saturated rings. The summed E-state index contributed by atoms with van der Waals surface area (Å²) in [6.45, 7) is 2.06. The molecule has 120 valence electrons. The molecule has 1 aliphatic rings. The Hall–Kier alpha value is -1.67. The van der Waals surface area contributed by atoms with Gasteiger partial charge in [-0.25, -0.2) is 8.42 Å². The van der Waals surface area contributed by atoms with Gasteiger partial charge >= 0.3 is 0 Å². The summed E-state index contributed by atoms with van der Waals surface area (Å²) in [4.78, 5) is 11.9. The molecule has 2 rings (SSSR count). The molecule has 8 heteroatoms. The minimum Gasteiger partial charge on any atom is -0.331 e. The summed E-state index contributed by atoms with van der Waals surface area (Å²) < 4.78 is 22.7. The zero-order valence-corrected chi connectivity index (χ0v) is 13.9. The van der Waals surface area contributed by atoms with Gasteiger partial charge in [0.05, 0.1) is 17.4 Å².